The quantitative estimate of drug-likeness (QED) is 0.880. The molecule has 2 atom stereocenters. The molecule has 0 amide bonds. The fraction of sp³-hybridized carbons (Fsp3) is 0.615. The van der Waals surface area contributed by atoms with Gasteiger partial charge in [-0.2, -0.15) is 0 Å². The maximum absolute atomic E-state index is 11.6. The van der Waals surface area contributed by atoms with Gasteiger partial charge in [-0.15, -0.1) is 0 Å². The van der Waals surface area contributed by atoms with Gasteiger partial charge in [-0.25, -0.2) is 8.42 Å². The Morgan fingerprint density at radius 3 is 2.94 bits per heavy atom. The molecule has 5 heteroatoms. The maximum atomic E-state index is 11.6. The van der Waals surface area contributed by atoms with Gasteiger partial charge >= 0.3 is 0 Å². The third kappa shape index (κ3) is 3.29. The lowest BCUT2D eigenvalue weighted by atomic mass is 9.93. The fourth-order valence-electron chi connectivity index (χ4n) is 2.50. The molecule has 1 aromatic rings. The first-order valence-corrected chi connectivity index (χ1v) is 8.28. The van der Waals surface area contributed by atoms with Crippen LogP contribution in [0.15, 0.2) is 24.5 Å². The van der Waals surface area contributed by atoms with Crippen LogP contribution in [-0.4, -0.2) is 31.5 Å². The Morgan fingerprint density at radius 2 is 2.39 bits per heavy atom. The van der Waals surface area contributed by atoms with E-state index in [-0.39, 0.29) is 12.0 Å². The van der Waals surface area contributed by atoms with Gasteiger partial charge in [0.2, 0.25) is 0 Å². The van der Waals surface area contributed by atoms with Gasteiger partial charge in [0.05, 0.1) is 11.5 Å². The summed E-state index contributed by atoms with van der Waals surface area (Å²) in [5.74, 6) is 0.789. The first-order chi connectivity index (χ1) is 8.62. The predicted octanol–water partition coefficient (Wildman–Crippen LogP) is 1.56. The van der Waals surface area contributed by atoms with Gasteiger partial charge in [0.15, 0.2) is 9.84 Å². The van der Waals surface area contributed by atoms with E-state index >= 15 is 0 Å². The van der Waals surface area contributed by atoms with Crippen LogP contribution < -0.4 is 5.32 Å². The van der Waals surface area contributed by atoms with Crippen molar-refractivity contribution in [1.82, 2.24) is 10.3 Å². The lowest BCUT2D eigenvalue weighted by Gasteiger charge is -2.24. The lowest BCUT2D eigenvalue weighted by Crippen LogP contribution is -2.29. The molecule has 0 bridgehead atoms. The van der Waals surface area contributed by atoms with Crippen molar-refractivity contribution in [3.05, 3.63) is 30.1 Å². The molecule has 0 aliphatic carbocycles. The normalized spacial score (nSPS) is 23.9. The van der Waals surface area contributed by atoms with Crippen LogP contribution in [0.1, 0.15) is 31.4 Å². The molecule has 0 spiro atoms. The van der Waals surface area contributed by atoms with Crippen molar-refractivity contribution in [1.29, 1.82) is 0 Å². The number of pyridine rings is 1. The molecule has 1 N–H and O–H groups in total. The molecule has 1 fully saturated rings. The number of hydrogen-bond acceptors (Lipinski definition) is 4. The summed E-state index contributed by atoms with van der Waals surface area (Å²) in [5, 5.41) is 3.46. The van der Waals surface area contributed by atoms with Crippen LogP contribution in [0.4, 0.5) is 0 Å². The minimum atomic E-state index is -2.83. The van der Waals surface area contributed by atoms with E-state index in [2.05, 4.69) is 17.2 Å². The molecule has 4 nitrogen and oxygen atoms in total. The maximum Gasteiger partial charge on any atom is 0.150 e. The van der Waals surface area contributed by atoms with Crippen LogP contribution in [0, 0.1) is 5.92 Å². The molecule has 100 valence electrons. The number of sulfone groups is 1. The first kappa shape index (κ1) is 13.5. The summed E-state index contributed by atoms with van der Waals surface area (Å²) in [6, 6.07) is 4.03. The van der Waals surface area contributed by atoms with Crippen LogP contribution in [0.3, 0.4) is 0 Å². The van der Waals surface area contributed by atoms with E-state index in [0.717, 1.165) is 24.9 Å². The Hall–Kier alpha value is -0.940. The smallest absolute Gasteiger partial charge is 0.150 e. The molecule has 1 saturated heterocycles. The summed E-state index contributed by atoms with van der Waals surface area (Å²) < 4.78 is 23.2. The Morgan fingerprint density at radius 1 is 1.56 bits per heavy atom. The average Bonchev–Trinajstić information content (AvgIpc) is 2.72. The van der Waals surface area contributed by atoms with Crippen molar-refractivity contribution >= 4 is 9.84 Å². The first-order valence-electron chi connectivity index (χ1n) is 6.46. The third-order valence-electron chi connectivity index (χ3n) is 3.40. The van der Waals surface area contributed by atoms with Crippen LogP contribution in [0.25, 0.3) is 0 Å². The monoisotopic (exact) mass is 268 g/mol. The van der Waals surface area contributed by atoms with Crippen molar-refractivity contribution < 1.29 is 8.42 Å². The number of hydrogen-bond donors (Lipinski definition) is 1. The van der Waals surface area contributed by atoms with Gasteiger partial charge in [0, 0.05) is 18.4 Å². The van der Waals surface area contributed by atoms with Gasteiger partial charge in [0.25, 0.3) is 0 Å². The fourth-order valence-corrected chi connectivity index (χ4v) is 4.34. The van der Waals surface area contributed by atoms with Gasteiger partial charge in [0.1, 0.15) is 0 Å². The summed E-state index contributed by atoms with van der Waals surface area (Å²) in [5.41, 5.74) is 1.09. The van der Waals surface area contributed by atoms with E-state index in [1.807, 2.05) is 18.3 Å². The second-order valence-corrected chi connectivity index (χ2v) is 7.11. The molecule has 1 aliphatic heterocycles. The van der Waals surface area contributed by atoms with E-state index in [0.29, 0.717) is 11.5 Å². The molecule has 2 rings (SSSR count). The number of nitrogens with one attached hydrogen (secondary N) is 1. The molecule has 18 heavy (non-hydrogen) atoms. The van der Waals surface area contributed by atoms with E-state index in [1.54, 1.807) is 6.20 Å². The molecule has 2 unspecified atom stereocenters. The summed E-state index contributed by atoms with van der Waals surface area (Å²) in [6.07, 6.45) is 5.36. The molecule has 0 radical (unpaired) electrons. The van der Waals surface area contributed by atoms with Crippen LogP contribution >= 0.6 is 0 Å². The predicted molar refractivity (Wildman–Crippen MR) is 72.0 cm³/mol. The van der Waals surface area contributed by atoms with Crippen LogP contribution in [-0.2, 0) is 9.84 Å². The summed E-state index contributed by atoms with van der Waals surface area (Å²) in [7, 11) is -2.83. The Kier molecular flexibility index (Phi) is 4.35. The minimum Gasteiger partial charge on any atom is -0.310 e. The highest BCUT2D eigenvalue weighted by molar-refractivity contribution is 7.91. The van der Waals surface area contributed by atoms with Crippen LogP contribution in [0.5, 0.6) is 0 Å². The highest BCUT2D eigenvalue weighted by Crippen LogP contribution is 2.31. The molecular weight excluding hydrogens is 248 g/mol. The zero-order chi connectivity index (χ0) is 13.0. The summed E-state index contributed by atoms with van der Waals surface area (Å²) in [4.78, 5) is 4.13. The number of nitrogens with zero attached hydrogens (tertiary/aromatic N) is 1. The standard InChI is InChI=1S/C13H20N2O2S/c1-2-6-15-13(11-4-3-7-14-9-11)12-5-8-18(16,17)10-12/h3-4,7,9,12-13,15H,2,5-6,8,10H2,1H3. The van der Waals surface area contributed by atoms with E-state index < -0.39 is 9.84 Å². The van der Waals surface area contributed by atoms with Crippen molar-refractivity contribution in [3.8, 4) is 0 Å². The zero-order valence-electron chi connectivity index (χ0n) is 10.7. The van der Waals surface area contributed by atoms with Crippen molar-refractivity contribution in [3.63, 3.8) is 0 Å². The Bertz CT molecular complexity index is 473. The lowest BCUT2D eigenvalue weighted by molar-refractivity contribution is 0.392. The van der Waals surface area contributed by atoms with Crippen LogP contribution in [0.2, 0.25) is 0 Å². The second kappa shape index (κ2) is 5.80. The summed E-state index contributed by atoms with van der Waals surface area (Å²) >= 11 is 0. The third-order valence-corrected chi connectivity index (χ3v) is 5.19. The van der Waals surface area contributed by atoms with E-state index in [9.17, 15) is 8.42 Å². The summed E-state index contributed by atoms with van der Waals surface area (Å²) in [6.45, 7) is 3.01. The molecule has 1 aromatic heterocycles. The molecule has 2 heterocycles. The highest BCUT2D eigenvalue weighted by atomic mass is 32.2. The van der Waals surface area contributed by atoms with Gasteiger partial charge in [-0.05, 0) is 36.9 Å². The largest absolute Gasteiger partial charge is 0.310 e. The van der Waals surface area contributed by atoms with Crippen molar-refractivity contribution in [2.45, 2.75) is 25.8 Å². The Labute approximate surface area is 109 Å². The Balaban J connectivity index is 2.16. The zero-order valence-corrected chi connectivity index (χ0v) is 11.5. The van der Waals surface area contributed by atoms with Crippen molar-refractivity contribution in [2.24, 2.45) is 5.92 Å². The highest BCUT2D eigenvalue weighted by Gasteiger charge is 2.34. The van der Waals surface area contributed by atoms with Gasteiger partial charge < -0.3 is 5.32 Å². The van der Waals surface area contributed by atoms with Gasteiger partial charge in [-0.3, -0.25) is 4.98 Å². The average molecular weight is 268 g/mol. The molecule has 0 saturated carbocycles. The molecular formula is C13H20N2O2S. The number of aromatic nitrogens is 1. The number of rotatable bonds is 5. The molecule has 1 aliphatic rings. The topological polar surface area (TPSA) is 59.1 Å². The van der Waals surface area contributed by atoms with E-state index in [1.165, 1.54) is 0 Å². The van der Waals surface area contributed by atoms with Crippen molar-refractivity contribution in [2.75, 3.05) is 18.1 Å². The van der Waals surface area contributed by atoms with Gasteiger partial charge in [-0.1, -0.05) is 13.0 Å². The SMILES string of the molecule is CCCNC(c1cccnc1)C1CCS(=O)(=O)C1. The minimum absolute atomic E-state index is 0.107. The molecule has 0 aromatic carbocycles. The van der Waals surface area contributed by atoms with E-state index in [4.69, 9.17) is 0 Å². The second-order valence-electron chi connectivity index (χ2n) is 4.88.